The van der Waals surface area contributed by atoms with Crippen molar-refractivity contribution in [3.05, 3.63) is 22.4 Å². The van der Waals surface area contributed by atoms with Gasteiger partial charge in [-0.2, -0.15) is 11.3 Å². The Balaban J connectivity index is 1.89. The van der Waals surface area contributed by atoms with Gasteiger partial charge in [0.1, 0.15) is 0 Å². The van der Waals surface area contributed by atoms with Crippen LogP contribution in [0.2, 0.25) is 0 Å². The Labute approximate surface area is 143 Å². The van der Waals surface area contributed by atoms with Gasteiger partial charge in [0.25, 0.3) is 0 Å². The highest BCUT2D eigenvalue weighted by molar-refractivity contribution is 7.07. The first kappa shape index (κ1) is 18.0. The second-order valence-corrected chi connectivity index (χ2v) is 7.52. The van der Waals surface area contributed by atoms with Gasteiger partial charge >= 0.3 is 0 Å². The average Bonchev–Trinajstić information content (AvgIpc) is 2.92. The lowest BCUT2D eigenvalue weighted by molar-refractivity contribution is -0.134. The molecule has 4 nitrogen and oxygen atoms in total. The van der Waals surface area contributed by atoms with E-state index in [0.29, 0.717) is 31.8 Å². The summed E-state index contributed by atoms with van der Waals surface area (Å²) in [5.74, 6) is 0.808. The van der Waals surface area contributed by atoms with Crippen LogP contribution in [-0.2, 0) is 16.1 Å². The van der Waals surface area contributed by atoms with Crippen LogP contribution in [0.25, 0.3) is 0 Å². The zero-order valence-electron chi connectivity index (χ0n) is 14.3. The molecule has 1 aromatic rings. The number of hydrogen-bond donors (Lipinski definition) is 0. The minimum absolute atomic E-state index is 0.155. The monoisotopic (exact) mass is 336 g/mol. The van der Waals surface area contributed by atoms with Gasteiger partial charge in [0.15, 0.2) is 0 Å². The predicted octanol–water partition coefficient (Wildman–Crippen LogP) is 3.53. The molecule has 0 radical (unpaired) electrons. The van der Waals surface area contributed by atoms with Crippen LogP contribution in [0.15, 0.2) is 16.8 Å². The first-order valence-corrected chi connectivity index (χ1v) is 9.57. The summed E-state index contributed by atoms with van der Waals surface area (Å²) in [7, 11) is 0. The molecule has 0 bridgehead atoms. The number of carbonyl (C=O) groups is 2. The van der Waals surface area contributed by atoms with Gasteiger partial charge < -0.3 is 9.80 Å². The van der Waals surface area contributed by atoms with Gasteiger partial charge in [-0.25, -0.2) is 0 Å². The number of hydrogen-bond acceptors (Lipinski definition) is 3. The first-order chi connectivity index (χ1) is 11.1. The molecule has 1 aromatic heterocycles. The van der Waals surface area contributed by atoms with E-state index in [-0.39, 0.29) is 11.8 Å². The topological polar surface area (TPSA) is 40.6 Å². The highest BCUT2D eigenvalue weighted by Gasteiger charge is 2.20. The first-order valence-electron chi connectivity index (χ1n) is 8.63. The van der Waals surface area contributed by atoms with Crippen LogP contribution in [0.4, 0.5) is 0 Å². The van der Waals surface area contributed by atoms with E-state index in [9.17, 15) is 9.59 Å². The molecule has 1 aliphatic heterocycles. The SMILES string of the molecule is CC(C)CN(Cc1ccsc1)C(=O)CCN1CCCCCC1=O. The third kappa shape index (κ3) is 5.98. The lowest BCUT2D eigenvalue weighted by atomic mass is 10.1. The van der Waals surface area contributed by atoms with Crippen LogP contribution in [0.5, 0.6) is 0 Å². The summed E-state index contributed by atoms with van der Waals surface area (Å²) in [6, 6.07) is 2.07. The van der Waals surface area contributed by atoms with Gasteiger partial charge in [-0.3, -0.25) is 9.59 Å². The molecular formula is C18H28N2O2S. The van der Waals surface area contributed by atoms with E-state index in [0.717, 1.165) is 32.4 Å². The predicted molar refractivity (Wildman–Crippen MR) is 94.2 cm³/mol. The van der Waals surface area contributed by atoms with Gasteiger partial charge in [-0.15, -0.1) is 0 Å². The third-order valence-corrected chi connectivity index (χ3v) is 4.89. The zero-order chi connectivity index (χ0) is 16.7. The fourth-order valence-corrected chi connectivity index (χ4v) is 3.62. The molecule has 0 N–H and O–H groups in total. The van der Waals surface area contributed by atoms with Gasteiger partial charge in [-0.05, 0) is 41.1 Å². The van der Waals surface area contributed by atoms with Crippen molar-refractivity contribution < 1.29 is 9.59 Å². The standard InChI is InChI=1S/C18H28N2O2S/c1-15(2)12-20(13-16-8-11-23-14-16)18(22)7-10-19-9-5-3-4-6-17(19)21/h8,11,14-15H,3-7,9-10,12-13H2,1-2H3. The Morgan fingerprint density at radius 2 is 2.17 bits per heavy atom. The number of carbonyl (C=O) groups excluding carboxylic acids is 2. The molecule has 0 saturated carbocycles. The van der Waals surface area contributed by atoms with Crippen molar-refractivity contribution in [2.45, 2.75) is 52.5 Å². The molecule has 1 fully saturated rings. The van der Waals surface area contributed by atoms with Crippen molar-refractivity contribution in [1.29, 1.82) is 0 Å². The second-order valence-electron chi connectivity index (χ2n) is 6.74. The summed E-state index contributed by atoms with van der Waals surface area (Å²) in [6.07, 6.45) is 4.24. The van der Waals surface area contributed by atoms with Crippen molar-refractivity contribution in [2.75, 3.05) is 19.6 Å². The van der Waals surface area contributed by atoms with Crippen LogP contribution >= 0.6 is 11.3 Å². The summed E-state index contributed by atoms with van der Waals surface area (Å²) < 4.78 is 0. The van der Waals surface area contributed by atoms with Gasteiger partial charge in [0.05, 0.1) is 0 Å². The molecule has 0 unspecified atom stereocenters. The minimum Gasteiger partial charge on any atom is -0.342 e. The van der Waals surface area contributed by atoms with Crippen molar-refractivity contribution in [3.63, 3.8) is 0 Å². The van der Waals surface area contributed by atoms with Crippen molar-refractivity contribution in [1.82, 2.24) is 9.80 Å². The smallest absolute Gasteiger partial charge is 0.224 e. The van der Waals surface area contributed by atoms with E-state index >= 15 is 0 Å². The Bertz CT molecular complexity index is 499. The fourth-order valence-electron chi connectivity index (χ4n) is 2.96. The molecule has 2 heterocycles. The number of thiophene rings is 1. The lowest BCUT2D eigenvalue weighted by Crippen LogP contribution is -2.38. The maximum absolute atomic E-state index is 12.6. The van der Waals surface area contributed by atoms with Crippen LogP contribution in [0, 0.1) is 5.92 Å². The molecule has 0 atom stereocenters. The summed E-state index contributed by atoms with van der Waals surface area (Å²) in [5, 5.41) is 4.14. The van der Waals surface area contributed by atoms with Crippen LogP contribution < -0.4 is 0 Å². The Morgan fingerprint density at radius 1 is 1.35 bits per heavy atom. The fraction of sp³-hybridized carbons (Fsp3) is 0.667. The Morgan fingerprint density at radius 3 is 2.87 bits per heavy atom. The minimum atomic E-state index is 0.155. The van der Waals surface area contributed by atoms with E-state index in [1.54, 1.807) is 11.3 Å². The summed E-state index contributed by atoms with van der Waals surface area (Å²) in [4.78, 5) is 28.5. The normalized spacial score (nSPS) is 15.8. The number of amides is 2. The van der Waals surface area contributed by atoms with E-state index in [1.165, 1.54) is 5.56 Å². The van der Waals surface area contributed by atoms with Crippen molar-refractivity contribution >= 4 is 23.2 Å². The summed E-state index contributed by atoms with van der Waals surface area (Å²) >= 11 is 1.66. The number of rotatable bonds is 7. The quantitative estimate of drug-likeness (QED) is 0.764. The molecule has 2 rings (SSSR count). The Hall–Kier alpha value is -1.36. The van der Waals surface area contributed by atoms with Crippen LogP contribution in [0.1, 0.15) is 51.5 Å². The maximum Gasteiger partial charge on any atom is 0.224 e. The molecule has 2 amide bonds. The highest BCUT2D eigenvalue weighted by atomic mass is 32.1. The maximum atomic E-state index is 12.6. The number of likely N-dealkylation sites (tertiary alicyclic amines) is 1. The molecule has 23 heavy (non-hydrogen) atoms. The van der Waals surface area contributed by atoms with Gasteiger partial charge in [-0.1, -0.05) is 20.3 Å². The molecule has 1 saturated heterocycles. The zero-order valence-corrected chi connectivity index (χ0v) is 15.1. The third-order valence-electron chi connectivity index (χ3n) is 4.16. The van der Waals surface area contributed by atoms with E-state index in [4.69, 9.17) is 0 Å². The molecule has 0 aromatic carbocycles. The van der Waals surface area contributed by atoms with E-state index in [2.05, 4.69) is 25.3 Å². The summed E-state index contributed by atoms with van der Waals surface area (Å²) in [6.45, 7) is 7.08. The molecule has 128 valence electrons. The van der Waals surface area contributed by atoms with Crippen LogP contribution in [0.3, 0.4) is 0 Å². The molecule has 1 aliphatic rings. The molecule has 5 heteroatoms. The molecule has 0 spiro atoms. The highest BCUT2D eigenvalue weighted by Crippen LogP contribution is 2.14. The van der Waals surface area contributed by atoms with Gasteiger partial charge in [0, 0.05) is 39.0 Å². The van der Waals surface area contributed by atoms with Crippen molar-refractivity contribution in [3.8, 4) is 0 Å². The largest absolute Gasteiger partial charge is 0.342 e. The molecule has 0 aliphatic carbocycles. The lowest BCUT2D eigenvalue weighted by Gasteiger charge is -2.26. The van der Waals surface area contributed by atoms with Gasteiger partial charge in [0.2, 0.25) is 11.8 Å². The van der Waals surface area contributed by atoms with E-state index in [1.807, 2.05) is 15.2 Å². The van der Waals surface area contributed by atoms with E-state index < -0.39 is 0 Å². The average molecular weight is 337 g/mol. The summed E-state index contributed by atoms with van der Waals surface area (Å²) in [5.41, 5.74) is 1.19. The molecular weight excluding hydrogens is 308 g/mol. The van der Waals surface area contributed by atoms with Crippen molar-refractivity contribution in [2.24, 2.45) is 5.92 Å². The number of nitrogens with zero attached hydrogens (tertiary/aromatic N) is 2. The second kappa shape index (κ2) is 9.06. The Kier molecular flexibility index (Phi) is 7.09. The van der Waals surface area contributed by atoms with Crippen LogP contribution in [-0.4, -0.2) is 41.2 Å².